The second-order valence-corrected chi connectivity index (χ2v) is 12.4. The van der Waals surface area contributed by atoms with E-state index in [1.807, 2.05) is 23.5 Å². The van der Waals surface area contributed by atoms with E-state index in [2.05, 4.69) is 120 Å². The number of nitrogens with one attached hydrogen (secondary N) is 1. The first-order valence-electron chi connectivity index (χ1n) is 14.5. The van der Waals surface area contributed by atoms with Crippen molar-refractivity contribution in [3.63, 3.8) is 0 Å². The Labute approximate surface area is 250 Å². The van der Waals surface area contributed by atoms with E-state index in [1.54, 1.807) is 0 Å². The van der Waals surface area contributed by atoms with E-state index in [-0.39, 0.29) is 6.04 Å². The SMILES string of the molecule is C=C1NC2C=CC=C/C2=N/n2c3c(-c4ccc5oc6ccccc6c5c4)cccc3c3c4c(cc1c32)sc1ccccc14. The first-order chi connectivity index (χ1) is 21.2. The molecule has 0 saturated heterocycles. The predicted octanol–water partition coefficient (Wildman–Crippen LogP) is 10.0. The molecule has 1 atom stereocenters. The third-order valence-corrected chi connectivity index (χ3v) is 10.0. The molecule has 4 heterocycles. The maximum absolute atomic E-state index is 6.17. The average Bonchev–Trinajstić information content (AvgIpc) is 3.70. The average molecular weight is 570 g/mol. The largest absolute Gasteiger partial charge is 0.456 e. The first kappa shape index (κ1) is 23.2. The number of fused-ring (bicyclic) bond motifs is 11. The Bertz CT molecular complexity index is 2620. The molecule has 3 aromatic heterocycles. The molecule has 0 radical (unpaired) electrons. The van der Waals surface area contributed by atoms with Crippen molar-refractivity contribution in [2.24, 2.45) is 5.10 Å². The van der Waals surface area contributed by atoms with Gasteiger partial charge in [0, 0.05) is 58.5 Å². The number of hydrogen-bond donors (Lipinski definition) is 1. The van der Waals surface area contributed by atoms with Gasteiger partial charge in [0.05, 0.1) is 22.8 Å². The first-order valence-corrected chi connectivity index (χ1v) is 15.3. The van der Waals surface area contributed by atoms with Crippen molar-refractivity contribution in [3.05, 3.63) is 127 Å². The maximum Gasteiger partial charge on any atom is 0.135 e. The number of thiophene rings is 1. The number of furan rings is 1. The van der Waals surface area contributed by atoms with Crippen LogP contribution in [0.1, 0.15) is 5.56 Å². The van der Waals surface area contributed by atoms with E-state index >= 15 is 0 Å². The van der Waals surface area contributed by atoms with Gasteiger partial charge in [-0.3, -0.25) is 0 Å². The van der Waals surface area contributed by atoms with Crippen LogP contribution in [0, 0.1) is 0 Å². The lowest BCUT2D eigenvalue weighted by Crippen LogP contribution is -2.35. The minimum atomic E-state index is -0.0583. The van der Waals surface area contributed by atoms with Gasteiger partial charge in [-0.1, -0.05) is 85.5 Å². The highest BCUT2D eigenvalue weighted by Gasteiger charge is 2.27. The monoisotopic (exact) mass is 569 g/mol. The number of aromatic nitrogens is 1. The second-order valence-electron chi connectivity index (χ2n) is 11.3. The molecule has 1 aliphatic carbocycles. The van der Waals surface area contributed by atoms with Crippen LogP contribution in [0.2, 0.25) is 0 Å². The van der Waals surface area contributed by atoms with Crippen LogP contribution >= 0.6 is 11.3 Å². The number of nitrogens with zero attached hydrogens (tertiary/aromatic N) is 2. The van der Waals surface area contributed by atoms with Gasteiger partial charge >= 0.3 is 0 Å². The molecule has 0 amide bonds. The number of allylic oxidation sites excluding steroid dienone is 2. The van der Waals surface area contributed by atoms with Gasteiger partial charge in [0.1, 0.15) is 11.2 Å². The van der Waals surface area contributed by atoms with E-state index in [0.29, 0.717) is 0 Å². The van der Waals surface area contributed by atoms with Crippen LogP contribution in [0.4, 0.5) is 0 Å². The molecule has 1 N–H and O–H groups in total. The molecule has 0 saturated carbocycles. The fraction of sp³-hybridized carbons (Fsp3) is 0.0263. The van der Waals surface area contributed by atoms with E-state index in [4.69, 9.17) is 9.52 Å². The van der Waals surface area contributed by atoms with E-state index in [0.717, 1.165) is 61.1 Å². The third kappa shape index (κ3) is 3.12. The predicted molar refractivity (Wildman–Crippen MR) is 182 cm³/mol. The van der Waals surface area contributed by atoms with Crippen LogP contribution in [0.5, 0.6) is 0 Å². The summed E-state index contributed by atoms with van der Waals surface area (Å²) in [6.45, 7) is 4.56. The molecule has 0 fully saturated rings. The van der Waals surface area contributed by atoms with Gasteiger partial charge < -0.3 is 9.73 Å². The van der Waals surface area contributed by atoms with Gasteiger partial charge in [0.15, 0.2) is 0 Å². The van der Waals surface area contributed by atoms with Gasteiger partial charge in [-0.15, -0.1) is 11.3 Å². The van der Waals surface area contributed by atoms with Gasteiger partial charge in [-0.25, -0.2) is 4.68 Å². The minimum Gasteiger partial charge on any atom is -0.456 e. The lowest BCUT2D eigenvalue weighted by molar-refractivity contribution is 0.669. The quantitative estimate of drug-likeness (QED) is 0.214. The van der Waals surface area contributed by atoms with Crippen LogP contribution in [0.3, 0.4) is 0 Å². The van der Waals surface area contributed by atoms with E-state index in [1.165, 1.54) is 30.9 Å². The molecule has 1 aliphatic heterocycles. The summed E-state index contributed by atoms with van der Waals surface area (Å²) >= 11 is 1.84. The third-order valence-electron chi connectivity index (χ3n) is 8.93. The molecule has 1 unspecified atom stereocenters. The number of hydrogen-bond acceptors (Lipinski definition) is 4. The number of para-hydroxylation sites is 2. The highest BCUT2D eigenvalue weighted by Crippen LogP contribution is 2.47. The Morgan fingerprint density at radius 2 is 1.56 bits per heavy atom. The zero-order valence-electron chi connectivity index (χ0n) is 23.0. The van der Waals surface area contributed by atoms with Gasteiger partial charge in [-0.2, -0.15) is 5.10 Å². The van der Waals surface area contributed by atoms with E-state index in [9.17, 15) is 0 Å². The number of benzene rings is 5. The van der Waals surface area contributed by atoms with Crippen LogP contribution in [-0.2, 0) is 0 Å². The molecule has 5 aromatic carbocycles. The molecule has 5 heteroatoms. The molecule has 0 spiro atoms. The summed E-state index contributed by atoms with van der Waals surface area (Å²) in [7, 11) is 0. The Morgan fingerprint density at radius 3 is 2.51 bits per heavy atom. The standard InChI is InChI=1S/C38H23N3OS/c1-21-27-20-34-35(25-10-3-7-16-33(25)43-34)36-26-12-8-11-23(22-17-18-32-28(19-22)24-9-2-6-15-31(24)42-32)37(26)41(38(27)36)40-30-14-5-4-13-29(30)39-21/h2-20,29,39H,1H2/b40-30-. The van der Waals surface area contributed by atoms with Crippen molar-refractivity contribution in [2.45, 2.75) is 6.04 Å². The van der Waals surface area contributed by atoms with Crippen molar-refractivity contribution in [2.75, 3.05) is 0 Å². The minimum absolute atomic E-state index is 0.0583. The van der Waals surface area contributed by atoms with Crippen molar-refractivity contribution in [3.8, 4) is 11.1 Å². The van der Waals surface area contributed by atoms with Crippen molar-refractivity contribution < 1.29 is 4.42 Å². The molecule has 202 valence electrons. The van der Waals surface area contributed by atoms with Crippen LogP contribution in [0.15, 0.2) is 131 Å². The highest BCUT2D eigenvalue weighted by atomic mass is 32.1. The molecule has 43 heavy (non-hydrogen) atoms. The van der Waals surface area contributed by atoms with Crippen molar-refractivity contribution >= 4 is 86.7 Å². The van der Waals surface area contributed by atoms with Crippen LogP contribution in [0.25, 0.3) is 80.7 Å². The molecular weight excluding hydrogens is 547 g/mol. The molecule has 0 bridgehead atoms. The summed E-state index contributed by atoms with van der Waals surface area (Å²) in [4.78, 5) is 0. The Balaban J connectivity index is 1.40. The Morgan fingerprint density at radius 1 is 0.721 bits per heavy atom. The van der Waals surface area contributed by atoms with E-state index < -0.39 is 0 Å². The fourth-order valence-corrected chi connectivity index (χ4v) is 8.19. The smallest absolute Gasteiger partial charge is 0.135 e. The summed E-state index contributed by atoms with van der Waals surface area (Å²) in [6.07, 6.45) is 8.37. The van der Waals surface area contributed by atoms with Gasteiger partial charge in [0.25, 0.3) is 0 Å². The molecule has 8 aromatic rings. The van der Waals surface area contributed by atoms with Crippen molar-refractivity contribution in [1.29, 1.82) is 0 Å². The molecular formula is C38H23N3OS. The normalized spacial score (nSPS) is 17.5. The van der Waals surface area contributed by atoms with Gasteiger partial charge in [0.2, 0.25) is 0 Å². The maximum atomic E-state index is 6.17. The summed E-state index contributed by atoms with van der Waals surface area (Å²) < 4.78 is 10.9. The molecule has 2 aliphatic rings. The lowest BCUT2D eigenvalue weighted by Gasteiger charge is -2.24. The fourth-order valence-electron chi connectivity index (χ4n) is 7.03. The molecule has 4 nitrogen and oxygen atoms in total. The summed E-state index contributed by atoms with van der Waals surface area (Å²) in [5.41, 5.74) is 9.18. The highest BCUT2D eigenvalue weighted by molar-refractivity contribution is 7.26. The van der Waals surface area contributed by atoms with Gasteiger partial charge in [-0.05, 0) is 42.0 Å². The summed E-state index contributed by atoms with van der Waals surface area (Å²) in [6, 6.07) is 32.4. The number of rotatable bonds is 1. The lowest BCUT2D eigenvalue weighted by atomic mass is 9.97. The van der Waals surface area contributed by atoms with Crippen molar-refractivity contribution in [1.82, 2.24) is 9.99 Å². The molecule has 10 rings (SSSR count). The second kappa shape index (κ2) is 8.34. The zero-order valence-corrected chi connectivity index (χ0v) is 23.8. The summed E-state index contributed by atoms with van der Waals surface area (Å²) in [5, 5.41) is 16.3. The zero-order chi connectivity index (χ0) is 28.2. The Kier molecular flexibility index (Phi) is 4.50. The summed E-state index contributed by atoms with van der Waals surface area (Å²) in [5.74, 6) is 0. The Hall–Kier alpha value is -5.39. The van der Waals surface area contributed by atoms with Crippen LogP contribution < -0.4 is 5.32 Å². The topological polar surface area (TPSA) is 42.5 Å². The van der Waals surface area contributed by atoms with Crippen LogP contribution in [-0.4, -0.2) is 16.4 Å².